The normalized spacial score (nSPS) is 17.0. The first-order valence-corrected chi connectivity index (χ1v) is 6.92. The lowest BCUT2D eigenvalue weighted by molar-refractivity contribution is -0.138. The van der Waals surface area contributed by atoms with Crippen molar-refractivity contribution in [3.63, 3.8) is 0 Å². The highest BCUT2D eigenvalue weighted by atomic mass is 16.4. The van der Waals surface area contributed by atoms with Crippen LogP contribution < -0.4 is 5.32 Å². The van der Waals surface area contributed by atoms with Gasteiger partial charge in [0.25, 0.3) is 5.91 Å². The number of carboxylic acids is 1. The van der Waals surface area contributed by atoms with Gasteiger partial charge in [-0.05, 0) is 25.0 Å². The van der Waals surface area contributed by atoms with Crippen LogP contribution in [0.15, 0.2) is 24.7 Å². The molecule has 1 saturated carbocycles. The van der Waals surface area contributed by atoms with Crippen molar-refractivity contribution in [2.45, 2.75) is 37.6 Å². The number of amides is 1. The Bertz CT molecular complexity index is 688. The number of hydrogen-bond acceptors (Lipinski definition) is 4. The smallest absolute Gasteiger partial charge is 0.305 e. The van der Waals surface area contributed by atoms with E-state index in [4.69, 9.17) is 5.11 Å². The molecule has 7 nitrogen and oxygen atoms in total. The molecule has 0 saturated heterocycles. The van der Waals surface area contributed by atoms with E-state index in [9.17, 15) is 9.59 Å². The molecular formula is C14H16N4O3. The topological polar surface area (TPSA) is 96.6 Å². The van der Waals surface area contributed by atoms with E-state index >= 15 is 0 Å². The van der Waals surface area contributed by atoms with E-state index in [2.05, 4.69) is 15.5 Å². The number of carboxylic acid groups (broad SMARTS) is 1. The fraction of sp³-hybridized carbons (Fsp3) is 0.429. The molecule has 0 aromatic carbocycles. The van der Waals surface area contributed by atoms with Gasteiger partial charge in [0, 0.05) is 6.20 Å². The van der Waals surface area contributed by atoms with Gasteiger partial charge in [0.05, 0.1) is 17.5 Å². The zero-order valence-electron chi connectivity index (χ0n) is 11.5. The largest absolute Gasteiger partial charge is 0.481 e. The summed E-state index contributed by atoms with van der Waals surface area (Å²) < 4.78 is 1.66. The minimum atomic E-state index is -0.883. The number of hydrogen-bond donors (Lipinski definition) is 2. The summed E-state index contributed by atoms with van der Waals surface area (Å²) >= 11 is 0. The van der Waals surface area contributed by atoms with Crippen molar-refractivity contribution in [1.29, 1.82) is 0 Å². The molecule has 2 aromatic heterocycles. The lowest BCUT2D eigenvalue weighted by atomic mass is 9.93. The predicted octanol–water partition coefficient (Wildman–Crippen LogP) is 1.25. The van der Waals surface area contributed by atoms with Gasteiger partial charge in [-0.15, -0.1) is 10.2 Å². The Morgan fingerprint density at radius 1 is 1.33 bits per heavy atom. The van der Waals surface area contributed by atoms with Gasteiger partial charge in [-0.1, -0.05) is 12.8 Å². The summed E-state index contributed by atoms with van der Waals surface area (Å²) in [6, 6.07) is 3.38. The second-order valence-corrected chi connectivity index (χ2v) is 5.53. The molecule has 3 rings (SSSR count). The van der Waals surface area contributed by atoms with Crippen LogP contribution in [0.25, 0.3) is 5.65 Å². The molecule has 21 heavy (non-hydrogen) atoms. The van der Waals surface area contributed by atoms with Crippen LogP contribution in [-0.4, -0.2) is 37.1 Å². The van der Waals surface area contributed by atoms with Crippen LogP contribution in [0.4, 0.5) is 0 Å². The van der Waals surface area contributed by atoms with Crippen LogP contribution in [-0.2, 0) is 4.79 Å². The Hall–Kier alpha value is -2.44. The Morgan fingerprint density at radius 3 is 2.81 bits per heavy atom. The highest BCUT2D eigenvalue weighted by Crippen LogP contribution is 2.32. The molecule has 7 heteroatoms. The number of carbonyl (C=O) groups is 2. The quantitative estimate of drug-likeness (QED) is 0.882. The summed E-state index contributed by atoms with van der Waals surface area (Å²) in [5.74, 6) is -1.14. The molecule has 0 unspecified atom stereocenters. The Balaban J connectivity index is 1.81. The molecule has 0 spiro atoms. The van der Waals surface area contributed by atoms with E-state index in [0.717, 1.165) is 12.8 Å². The van der Waals surface area contributed by atoms with Gasteiger partial charge in [0.15, 0.2) is 5.65 Å². The van der Waals surface area contributed by atoms with Gasteiger partial charge in [-0.25, -0.2) is 0 Å². The summed E-state index contributed by atoms with van der Waals surface area (Å²) in [6.45, 7) is 0. The molecule has 0 atom stereocenters. The van der Waals surface area contributed by atoms with Crippen molar-refractivity contribution in [3.8, 4) is 0 Å². The first kappa shape index (κ1) is 13.5. The Labute approximate surface area is 121 Å². The zero-order chi connectivity index (χ0) is 14.9. The van der Waals surface area contributed by atoms with Gasteiger partial charge in [0.2, 0.25) is 0 Å². The predicted molar refractivity (Wildman–Crippen MR) is 73.9 cm³/mol. The second-order valence-electron chi connectivity index (χ2n) is 5.53. The summed E-state index contributed by atoms with van der Waals surface area (Å²) in [7, 11) is 0. The van der Waals surface area contributed by atoms with Crippen LogP contribution in [0.1, 0.15) is 42.5 Å². The molecule has 1 fully saturated rings. The molecule has 2 aromatic rings. The fourth-order valence-corrected chi connectivity index (χ4v) is 2.96. The van der Waals surface area contributed by atoms with Crippen LogP contribution in [0.5, 0.6) is 0 Å². The lowest BCUT2D eigenvalue weighted by Crippen LogP contribution is -2.47. The molecule has 2 N–H and O–H groups in total. The summed E-state index contributed by atoms with van der Waals surface area (Å²) in [6.07, 6.45) is 6.44. The van der Waals surface area contributed by atoms with E-state index in [0.29, 0.717) is 24.1 Å². The van der Waals surface area contributed by atoms with Gasteiger partial charge < -0.3 is 10.4 Å². The molecule has 110 valence electrons. The van der Waals surface area contributed by atoms with E-state index in [-0.39, 0.29) is 12.3 Å². The first-order chi connectivity index (χ1) is 10.1. The second kappa shape index (κ2) is 5.16. The zero-order valence-corrected chi connectivity index (χ0v) is 11.5. The third-order valence-electron chi connectivity index (χ3n) is 3.98. The number of nitrogens with zero attached hydrogens (tertiary/aromatic N) is 3. The van der Waals surface area contributed by atoms with Crippen molar-refractivity contribution in [2.24, 2.45) is 0 Å². The average molecular weight is 288 g/mol. The fourth-order valence-electron chi connectivity index (χ4n) is 2.96. The van der Waals surface area contributed by atoms with Crippen molar-refractivity contribution in [1.82, 2.24) is 19.9 Å². The monoisotopic (exact) mass is 288 g/mol. The molecule has 0 radical (unpaired) electrons. The lowest BCUT2D eigenvalue weighted by Gasteiger charge is -2.28. The molecule has 0 bridgehead atoms. The summed E-state index contributed by atoms with van der Waals surface area (Å²) in [5.41, 5.74) is 0.511. The standard InChI is InChI=1S/C14H16N4O3/c19-12(20)7-14(5-1-2-6-14)16-13(21)10-3-4-11-17-15-9-18(11)8-10/h3-4,8-9H,1-2,5-7H2,(H,16,21)(H,19,20). The molecule has 0 aliphatic heterocycles. The third-order valence-corrected chi connectivity index (χ3v) is 3.98. The minimum Gasteiger partial charge on any atom is -0.481 e. The maximum atomic E-state index is 12.4. The van der Waals surface area contributed by atoms with Gasteiger partial charge in [-0.2, -0.15) is 0 Å². The van der Waals surface area contributed by atoms with Gasteiger partial charge in [0.1, 0.15) is 6.33 Å². The number of aromatic nitrogens is 3. The number of carbonyl (C=O) groups excluding carboxylic acids is 1. The molecule has 1 aliphatic carbocycles. The number of pyridine rings is 1. The highest BCUT2D eigenvalue weighted by molar-refractivity contribution is 5.95. The van der Waals surface area contributed by atoms with E-state index in [1.54, 1.807) is 22.7 Å². The molecule has 1 amide bonds. The average Bonchev–Trinajstić information content (AvgIpc) is 3.06. The number of aliphatic carboxylic acids is 1. The van der Waals surface area contributed by atoms with E-state index in [1.807, 2.05) is 0 Å². The SMILES string of the molecule is O=C(O)CC1(NC(=O)c2ccc3nncn3c2)CCCC1. The molecule has 2 heterocycles. The minimum absolute atomic E-state index is 0.0341. The Kier molecular flexibility index (Phi) is 3.32. The summed E-state index contributed by atoms with van der Waals surface area (Å²) in [4.78, 5) is 23.4. The van der Waals surface area contributed by atoms with Crippen LogP contribution in [0.2, 0.25) is 0 Å². The highest BCUT2D eigenvalue weighted by Gasteiger charge is 2.37. The van der Waals surface area contributed by atoms with Crippen molar-refractivity contribution in [2.75, 3.05) is 0 Å². The Morgan fingerprint density at radius 2 is 2.10 bits per heavy atom. The number of fused-ring (bicyclic) bond motifs is 1. The van der Waals surface area contributed by atoms with Crippen LogP contribution in [0, 0.1) is 0 Å². The van der Waals surface area contributed by atoms with Crippen LogP contribution >= 0.6 is 0 Å². The van der Waals surface area contributed by atoms with Gasteiger partial charge in [-0.3, -0.25) is 14.0 Å². The van der Waals surface area contributed by atoms with Crippen molar-refractivity contribution in [3.05, 3.63) is 30.2 Å². The van der Waals surface area contributed by atoms with Crippen LogP contribution in [0.3, 0.4) is 0 Å². The summed E-state index contributed by atoms with van der Waals surface area (Å²) in [5, 5.41) is 19.6. The van der Waals surface area contributed by atoms with E-state index < -0.39 is 11.5 Å². The van der Waals surface area contributed by atoms with Crippen molar-refractivity contribution >= 4 is 17.5 Å². The van der Waals surface area contributed by atoms with Gasteiger partial charge >= 0.3 is 5.97 Å². The molecular weight excluding hydrogens is 272 g/mol. The third kappa shape index (κ3) is 2.72. The number of rotatable bonds is 4. The maximum absolute atomic E-state index is 12.4. The van der Waals surface area contributed by atoms with E-state index in [1.165, 1.54) is 6.33 Å². The molecule has 1 aliphatic rings. The van der Waals surface area contributed by atoms with Crippen molar-refractivity contribution < 1.29 is 14.7 Å². The first-order valence-electron chi connectivity index (χ1n) is 6.92. The maximum Gasteiger partial charge on any atom is 0.305 e. The number of nitrogens with one attached hydrogen (secondary N) is 1.